The van der Waals surface area contributed by atoms with Crippen molar-refractivity contribution in [2.45, 2.75) is 51.2 Å². The van der Waals surface area contributed by atoms with Gasteiger partial charge in [-0.25, -0.2) is 27.2 Å². The van der Waals surface area contributed by atoms with Crippen molar-refractivity contribution >= 4 is 44.4 Å². The Balaban J connectivity index is 1.62. The van der Waals surface area contributed by atoms with Gasteiger partial charge in [-0.3, -0.25) is 4.99 Å². The van der Waals surface area contributed by atoms with Crippen molar-refractivity contribution in [3.63, 3.8) is 0 Å². The molecule has 2 aromatic heterocycles. The molecule has 0 amide bonds. The number of nitrogens with one attached hydrogen (secondary N) is 1. The Labute approximate surface area is 233 Å². The molecule has 1 fully saturated rings. The molecule has 3 aromatic rings. The average Bonchev–Trinajstić information content (AvgIpc) is 3.64. The molecule has 2 atom stereocenters. The minimum atomic E-state index is -3.55. The zero-order chi connectivity index (χ0) is 27.7. The van der Waals surface area contributed by atoms with Crippen molar-refractivity contribution in [2.75, 3.05) is 12.3 Å². The summed E-state index contributed by atoms with van der Waals surface area (Å²) in [5, 5.41) is 6.61. The lowest BCUT2D eigenvalue weighted by atomic mass is 9.92. The van der Waals surface area contributed by atoms with Crippen molar-refractivity contribution in [3.8, 4) is 0 Å². The predicted octanol–water partition coefficient (Wildman–Crippen LogP) is 5.62. The number of benzene rings is 1. The van der Waals surface area contributed by atoms with E-state index in [0.717, 1.165) is 12.8 Å². The number of alkyl halides is 2. The largest absolute Gasteiger partial charge is 0.333 e. The zero-order valence-corrected chi connectivity index (χ0v) is 23.3. The van der Waals surface area contributed by atoms with Crippen LogP contribution in [0.25, 0.3) is 5.57 Å². The summed E-state index contributed by atoms with van der Waals surface area (Å²) in [5.41, 5.74) is 1.87. The quantitative estimate of drug-likeness (QED) is 0.306. The number of unbranched alkanes of at least 4 members (excludes halogenated alkanes) is 2. The van der Waals surface area contributed by atoms with Crippen molar-refractivity contribution in [1.82, 2.24) is 24.4 Å². The standard InChI is InChI=1S/C25H26ClF3N6O2S2/c1-2-3-4-11-39(36,37)33-16-13-20-21(19-7-9-35(32-19)25(28)29)22(17-6-5-15(27)12-18(17)26)31-23(34(20)14-16)24-30-8-10-38-24/h5-10,12,16,22,25,33H,2-4,11,13-14H2,1H3/t16-,22-/m0/s1. The van der Waals surface area contributed by atoms with Gasteiger partial charge >= 0.3 is 6.55 Å². The Morgan fingerprint density at radius 1 is 1.26 bits per heavy atom. The van der Waals surface area contributed by atoms with E-state index in [1.54, 1.807) is 11.6 Å². The zero-order valence-electron chi connectivity index (χ0n) is 20.9. The molecule has 0 bridgehead atoms. The maximum Gasteiger partial charge on any atom is 0.333 e. The molecule has 4 heterocycles. The second-order valence-electron chi connectivity index (χ2n) is 9.33. The fourth-order valence-electron chi connectivity index (χ4n) is 4.89. The molecule has 39 heavy (non-hydrogen) atoms. The van der Waals surface area contributed by atoms with Gasteiger partial charge in [-0.1, -0.05) is 37.4 Å². The van der Waals surface area contributed by atoms with E-state index in [-0.39, 0.29) is 29.4 Å². The first-order chi connectivity index (χ1) is 18.7. The normalized spacial score (nSPS) is 19.6. The van der Waals surface area contributed by atoms with Crippen molar-refractivity contribution in [3.05, 3.63) is 74.8 Å². The molecule has 2 aliphatic rings. The van der Waals surface area contributed by atoms with Gasteiger partial charge in [0.15, 0.2) is 10.8 Å². The molecule has 0 spiro atoms. The lowest BCUT2D eigenvalue weighted by Crippen LogP contribution is -2.40. The van der Waals surface area contributed by atoms with Gasteiger partial charge in [-0.2, -0.15) is 13.9 Å². The van der Waals surface area contributed by atoms with Crippen LogP contribution in [0.15, 0.2) is 52.7 Å². The van der Waals surface area contributed by atoms with Crippen LogP contribution in [0.4, 0.5) is 13.2 Å². The van der Waals surface area contributed by atoms with Crippen LogP contribution in [0.5, 0.6) is 0 Å². The molecule has 0 saturated carbocycles. The Morgan fingerprint density at radius 2 is 2.08 bits per heavy atom. The summed E-state index contributed by atoms with van der Waals surface area (Å²) in [7, 11) is -3.55. The number of hydrogen-bond donors (Lipinski definition) is 1. The molecular formula is C25H26ClF3N6O2S2. The first-order valence-corrected chi connectivity index (χ1v) is 15.3. The Kier molecular flexibility index (Phi) is 8.13. The van der Waals surface area contributed by atoms with E-state index in [1.807, 2.05) is 11.8 Å². The summed E-state index contributed by atoms with van der Waals surface area (Å²) in [4.78, 5) is 11.2. The number of rotatable bonds is 10. The van der Waals surface area contributed by atoms with Gasteiger partial charge in [-0.05, 0) is 24.6 Å². The minimum absolute atomic E-state index is 0.0171. The molecule has 14 heteroatoms. The highest BCUT2D eigenvalue weighted by Gasteiger charge is 2.41. The SMILES string of the molecule is CCCCCS(=O)(=O)N[C@H]1CC2=C(c3ccn(C(F)F)n3)[C@H](c3ccc(F)cc3Cl)N=C(c3nccs3)N2C1. The van der Waals surface area contributed by atoms with Crippen molar-refractivity contribution in [2.24, 2.45) is 4.99 Å². The highest BCUT2D eigenvalue weighted by molar-refractivity contribution is 7.89. The van der Waals surface area contributed by atoms with Crippen molar-refractivity contribution in [1.29, 1.82) is 0 Å². The van der Waals surface area contributed by atoms with E-state index >= 15 is 0 Å². The Hall–Kier alpha value is -2.74. The lowest BCUT2D eigenvalue weighted by molar-refractivity contribution is 0.0564. The van der Waals surface area contributed by atoms with Crippen LogP contribution in [-0.2, 0) is 10.0 Å². The molecular weight excluding hydrogens is 573 g/mol. The smallest absolute Gasteiger partial charge is 0.326 e. The third-order valence-corrected chi connectivity index (χ3v) is 9.20. The third-order valence-electron chi connectivity index (χ3n) is 6.59. The minimum Gasteiger partial charge on any atom is -0.326 e. The second-order valence-corrected chi connectivity index (χ2v) is 12.5. The molecule has 0 radical (unpaired) electrons. The van der Waals surface area contributed by atoms with E-state index in [2.05, 4.69) is 14.8 Å². The number of nitrogens with zero attached hydrogens (tertiary/aromatic N) is 5. The number of thiazole rings is 1. The highest BCUT2D eigenvalue weighted by atomic mass is 35.5. The van der Waals surface area contributed by atoms with Crippen LogP contribution in [0.2, 0.25) is 5.02 Å². The Morgan fingerprint density at radius 3 is 2.74 bits per heavy atom. The number of hydrogen-bond acceptors (Lipinski definition) is 7. The average molecular weight is 599 g/mol. The lowest BCUT2D eigenvalue weighted by Gasteiger charge is -2.32. The van der Waals surface area contributed by atoms with E-state index in [0.29, 0.717) is 38.8 Å². The fourth-order valence-corrected chi connectivity index (χ4v) is 7.17. The van der Waals surface area contributed by atoms with Crippen molar-refractivity contribution < 1.29 is 21.6 Å². The summed E-state index contributed by atoms with van der Waals surface area (Å²) < 4.78 is 69.9. The molecule has 1 saturated heterocycles. The van der Waals surface area contributed by atoms with Gasteiger partial charge in [0.25, 0.3) is 0 Å². The van der Waals surface area contributed by atoms with Gasteiger partial charge < -0.3 is 4.90 Å². The van der Waals surface area contributed by atoms with Gasteiger partial charge in [0.2, 0.25) is 10.0 Å². The van der Waals surface area contributed by atoms with Crippen LogP contribution in [0.3, 0.4) is 0 Å². The molecule has 0 aliphatic carbocycles. The summed E-state index contributed by atoms with van der Waals surface area (Å²) in [6.07, 6.45) is 5.33. The summed E-state index contributed by atoms with van der Waals surface area (Å²) in [6.45, 7) is -0.580. The molecule has 2 aliphatic heterocycles. The van der Waals surface area contributed by atoms with Crippen LogP contribution in [-0.4, -0.2) is 52.3 Å². The maximum absolute atomic E-state index is 13.9. The first kappa shape index (κ1) is 27.8. The molecule has 208 valence electrons. The number of halogens is 4. The number of fused-ring (bicyclic) bond motifs is 1. The topological polar surface area (TPSA) is 92.5 Å². The number of aromatic nitrogens is 3. The van der Waals surface area contributed by atoms with Gasteiger partial charge in [0.05, 0.1) is 11.4 Å². The van der Waals surface area contributed by atoms with E-state index < -0.39 is 34.5 Å². The highest BCUT2D eigenvalue weighted by Crippen LogP contribution is 2.46. The number of aliphatic imine (C=N–C) groups is 1. The van der Waals surface area contributed by atoms with E-state index in [4.69, 9.17) is 16.6 Å². The van der Waals surface area contributed by atoms with Crippen LogP contribution >= 0.6 is 22.9 Å². The molecule has 1 N–H and O–H groups in total. The van der Waals surface area contributed by atoms with Crippen LogP contribution in [0, 0.1) is 5.82 Å². The summed E-state index contributed by atoms with van der Waals surface area (Å²) in [5.74, 6) is -0.0152. The van der Waals surface area contributed by atoms with Gasteiger partial charge in [-0.15, -0.1) is 11.3 Å². The van der Waals surface area contributed by atoms with E-state index in [1.165, 1.54) is 41.8 Å². The predicted molar refractivity (Wildman–Crippen MR) is 145 cm³/mol. The maximum atomic E-state index is 13.9. The van der Waals surface area contributed by atoms with Crippen LogP contribution < -0.4 is 4.72 Å². The Bertz CT molecular complexity index is 1510. The van der Waals surface area contributed by atoms with E-state index in [9.17, 15) is 21.6 Å². The van der Waals surface area contributed by atoms with Gasteiger partial charge in [0.1, 0.15) is 11.9 Å². The first-order valence-electron chi connectivity index (χ1n) is 12.4. The third kappa shape index (κ3) is 5.91. The fraction of sp³-hybridized carbons (Fsp3) is 0.400. The number of sulfonamides is 1. The molecule has 1 aromatic carbocycles. The van der Waals surface area contributed by atoms with Crippen LogP contribution in [0.1, 0.15) is 61.5 Å². The summed E-state index contributed by atoms with van der Waals surface area (Å²) in [6, 6.07) is 4.09. The molecule has 0 unspecified atom stereocenters. The number of amidine groups is 1. The van der Waals surface area contributed by atoms with Gasteiger partial charge in [0, 0.05) is 58.6 Å². The summed E-state index contributed by atoms with van der Waals surface area (Å²) >= 11 is 7.83. The second kappa shape index (κ2) is 11.4. The molecule has 5 rings (SSSR count). The monoisotopic (exact) mass is 598 g/mol. The molecule has 8 nitrogen and oxygen atoms in total.